The van der Waals surface area contributed by atoms with Crippen molar-refractivity contribution in [2.24, 2.45) is 5.92 Å². The van der Waals surface area contributed by atoms with Gasteiger partial charge in [0.05, 0.1) is 6.54 Å². The van der Waals surface area contributed by atoms with Crippen molar-refractivity contribution in [1.82, 2.24) is 9.80 Å². The summed E-state index contributed by atoms with van der Waals surface area (Å²) in [6.45, 7) is 2.30. The Morgan fingerprint density at radius 1 is 1.35 bits per heavy atom. The summed E-state index contributed by atoms with van der Waals surface area (Å²) in [5.74, 6) is -0.542. The molecule has 126 valence electrons. The highest BCUT2D eigenvalue weighted by Gasteiger charge is 2.25. The van der Waals surface area contributed by atoms with Crippen molar-refractivity contribution < 1.29 is 19.4 Å². The second-order valence-corrected chi connectivity index (χ2v) is 6.08. The van der Waals surface area contributed by atoms with Crippen LogP contribution in [0.25, 0.3) is 0 Å². The molecule has 1 N–H and O–H groups in total. The molecule has 23 heavy (non-hydrogen) atoms. The van der Waals surface area contributed by atoms with Crippen LogP contribution in [0.3, 0.4) is 0 Å². The van der Waals surface area contributed by atoms with E-state index in [1.165, 1.54) is 0 Å². The number of carbonyl (C=O) groups is 2. The van der Waals surface area contributed by atoms with E-state index in [0.29, 0.717) is 19.6 Å². The Hall–Kier alpha value is -2.08. The number of nitrogens with zero attached hydrogens (tertiary/aromatic N) is 2. The minimum absolute atomic E-state index is 0.0228. The SMILES string of the molecule is CN(CC(=O)O)CC1CCCN(C(=O)OCc2ccccc2)C1. The molecule has 0 spiro atoms. The molecule has 2 rings (SSSR count). The number of carbonyl (C=O) groups excluding carboxylic acids is 1. The minimum Gasteiger partial charge on any atom is -0.480 e. The predicted octanol–water partition coefficient (Wildman–Crippen LogP) is 2.05. The Morgan fingerprint density at radius 2 is 2.09 bits per heavy atom. The Kier molecular flexibility index (Phi) is 6.40. The zero-order valence-corrected chi connectivity index (χ0v) is 13.5. The summed E-state index contributed by atoms with van der Waals surface area (Å²) < 4.78 is 5.36. The number of amides is 1. The number of benzene rings is 1. The number of piperidine rings is 1. The van der Waals surface area contributed by atoms with E-state index in [9.17, 15) is 9.59 Å². The molecule has 6 heteroatoms. The summed E-state index contributed by atoms with van der Waals surface area (Å²) >= 11 is 0. The molecule has 0 aliphatic carbocycles. The molecule has 0 aromatic heterocycles. The average molecular weight is 320 g/mol. The monoisotopic (exact) mass is 320 g/mol. The number of rotatable bonds is 6. The third kappa shape index (κ3) is 5.90. The number of hydrogen-bond donors (Lipinski definition) is 1. The standard InChI is InChI=1S/C17H24N2O4/c1-18(12-16(20)21)10-15-8-5-9-19(11-15)17(22)23-13-14-6-3-2-4-7-14/h2-4,6-7,15H,5,8-13H2,1H3,(H,20,21). The summed E-state index contributed by atoms with van der Waals surface area (Å²) in [6.07, 6.45) is 1.64. The Labute approximate surface area is 136 Å². The zero-order valence-electron chi connectivity index (χ0n) is 13.5. The Morgan fingerprint density at radius 3 is 2.78 bits per heavy atom. The smallest absolute Gasteiger partial charge is 0.410 e. The molecule has 6 nitrogen and oxygen atoms in total. The lowest BCUT2D eigenvalue weighted by atomic mass is 9.98. The number of ether oxygens (including phenoxy) is 1. The van der Waals surface area contributed by atoms with Gasteiger partial charge < -0.3 is 14.7 Å². The van der Waals surface area contributed by atoms with E-state index in [4.69, 9.17) is 9.84 Å². The topological polar surface area (TPSA) is 70.1 Å². The highest BCUT2D eigenvalue weighted by atomic mass is 16.6. The van der Waals surface area contributed by atoms with Crippen molar-refractivity contribution in [3.8, 4) is 0 Å². The molecule has 1 aliphatic heterocycles. The molecule has 1 aromatic carbocycles. The molecule has 1 aromatic rings. The maximum atomic E-state index is 12.2. The summed E-state index contributed by atoms with van der Waals surface area (Å²) in [5, 5.41) is 8.81. The molecule has 1 atom stereocenters. The van der Waals surface area contributed by atoms with Gasteiger partial charge in [-0.15, -0.1) is 0 Å². The number of likely N-dealkylation sites (N-methyl/N-ethyl adjacent to an activating group) is 1. The number of aliphatic carboxylic acids is 1. The van der Waals surface area contributed by atoms with Crippen LogP contribution in [0.4, 0.5) is 4.79 Å². The van der Waals surface area contributed by atoms with Crippen LogP contribution in [0.2, 0.25) is 0 Å². The van der Waals surface area contributed by atoms with Gasteiger partial charge in [0.1, 0.15) is 6.61 Å². The predicted molar refractivity (Wildman–Crippen MR) is 86.1 cm³/mol. The van der Waals surface area contributed by atoms with Gasteiger partial charge in [0.25, 0.3) is 0 Å². The molecule has 1 heterocycles. The zero-order chi connectivity index (χ0) is 16.7. The quantitative estimate of drug-likeness (QED) is 0.869. The van der Waals surface area contributed by atoms with Crippen molar-refractivity contribution in [3.05, 3.63) is 35.9 Å². The maximum absolute atomic E-state index is 12.2. The maximum Gasteiger partial charge on any atom is 0.410 e. The third-order valence-electron chi connectivity index (χ3n) is 3.96. The van der Waals surface area contributed by atoms with Gasteiger partial charge in [-0.2, -0.15) is 0 Å². The van der Waals surface area contributed by atoms with Crippen molar-refractivity contribution in [2.45, 2.75) is 19.4 Å². The fraction of sp³-hybridized carbons (Fsp3) is 0.529. The number of carboxylic acids is 1. The molecule has 0 radical (unpaired) electrons. The second-order valence-electron chi connectivity index (χ2n) is 6.08. The van der Waals surface area contributed by atoms with Crippen LogP contribution in [-0.4, -0.2) is 60.2 Å². The molecule has 1 saturated heterocycles. The van der Waals surface area contributed by atoms with Crippen LogP contribution in [0.5, 0.6) is 0 Å². The fourth-order valence-electron chi connectivity index (χ4n) is 2.93. The molecular formula is C17H24N2O4. The van der Waals surface area contributed by atoms with E-state index in [1.807, 2.05) is 30.3 Å². The lowest BCUT2D eigenvalue weighted by molar-refractivity contribution is -0.138. The average Bonchev–Trinajstić information content (AvgIpc) is 2.53. The Bertz CT molecular complexity index is 521. The lowest BCUT2D eigenvalue weighted by Gasteiger charge is -2.33. The number of hydrogen-bond acceptors (Lipinski definition) is 4. The largest absolute Gasteiger partial charge is 0.480 e. The normalized spacial score (nSPS) is 18.0. The fourth-order valence-corrected chi connectivity index (χ4v) is 2.93. The second kappa shape index (κ2) is 8.53. The third-order valence-corrected chi connectivity index (χ3v) is 3.96. The molecule has 1 fully saturated rings. The van der Waals surface area contributed by atoms with E-state index < -0.39 is 5.97 Å². The molecule has 0 saturated carbocycles. The van der Waals surface area contributed by atoms with Crippen LogP contribution in [-0.2, 0) is 16.1 Å². The van der Waals surface area contributed by atoms with Gasteiger partial charge in [-0.05, 0) is 31.4 Å². The van der Waals surface area contributed by atoms with E-state index in [-0.39, 0.29) is 25.2 Å². The Balaban J connectivity index is 1.78. The first kappa shape index (κ1) is 17.3. The van der Waals surface area contributed by atoms with Gasteiger partial charge in [-0.1, -0.05) is 30.3 Å². The molecule has 0 bridgehead atoms. The highest BCUT2D eigenvalue weighted by Crippen LogP contribution is 2.18. The first-order valence-corrected chi connectivity index (χ1v) is 7.90. The summed E-state index contributed by atoms with van der Waals surface area (Å²) in [5.41, 5.74) is 0.968. The van der Waals surface area contributed by atoms with Crippen molar-refractivity contribution in [2.75, 3.05) is 33.2 Å². The van der Waals surface area contributed by atoms with Gasteiger partial charge in [-0.3, -0.25) is 9.69 Å². The van der Waals surface area contributed by atoms with Crippen LogP contribution >= 0.6 is 0 Å². The minimum atomic E-state index is -0.831. The van der Waals surface area contributed by atoms with Gasteiger partial charge in [0.2, 0.25) is 0 Å². The lowest BCUT2D eigenvalue weighted by Crippen LogP contribution is -2.44. The molecular weight excluding hydrogens is 296 g/mol. The van der Waals surface area contributed by atoms with Gasteiger partial charge in [0.15, 0.2) is 0 Å². The van der Waals surface area contributed by atoms with Gasteiger partial charge in [0, 0.05) is 19.6 Å². The van der Waals surface area contributed by atoms with E-state index in [2.05, 4.69) is 0 Å². The van der Waals surface area contributed by atoms with Crippen LogP contribution < -0.4 is 0 Å². The van der Waals surface area contributed by atoms with Crippen molar-refractivity contribution >= 4 is 12.1 Å². The molecule has 1 unspecified atom stereocenters. The van der Waals surface area contributed by atoms with Crippen molar-refractivity contribution in [1.29, 1.82) is 0 Å². The van der Waals surface area contributed by atoms with Crippen LogP contribution in [0.1, 0.15) is 18.4 Å². The van der Waals surface area contributed by atoms with E-state index in [1.54, 1.807) is 16.8 Å². The van der Waals surface area contributed by atoms with E-state index >= 15 is 0 Å². The van der Waals surface area contributed by atoms with E-state index in [0.717, 1.165) is 18.4 Å². The molecule has 1 amide bonds. The molecule has 1 aliphatic rings. The number of carboxylic acid groups (broad SMARTS) is 1. The summed E-state index contributed by atoms with van der Waals surface area (Å²) in [6, 6.07) is 9.60. The van der Waals surface area contributed by atoms with Gasteiger partial charge in [-0.25, -0.2) is 4.79 Å². The van der Waals surface area contributed by atoms with Crippen molar-refractivity contribution in [3.63, 3.8) is 0 Å². The summed E-state index contributed by atoms with van der Waals surface area (Å²) in [7, 11) is 1.79. The number of likely N-dealkylation sites (tertiary alicyclic amines) is 1. The first-order valence-electron chi connectivity index (χ1n) is 7.90. The van der Waals surface area contributed by atoms with Gasteiger partial charge >= 0.3 is 12.1 Å². The first-order chi connectivity index (χ1) is 11.0. The van der Waals surface area contributed by atoms with Crippen LogP contribution in [0, 0.1) is 5.92 Å². The summed E-state index contributed by atoms with van der Waals surface area (Å²) in [4.78, 5) is 26.4. The highest BCUT2D eigenvalue weighted by molar-refractivity contribution is 5.69. The van der Waals surface area contributed by atoms with Crippen LogP contribution in [0.15, 0.2) is 30.3 Å².